The number of nitrogens with one attached hydrogen (secondary N) is 1. The number of thioether (sulfide) groups is 1. The monoisotopic (exact) mass is 437 g/mol. The first-order chi connectivity index (χ1) is 14.9. The van der Waals surface area contributed by atoms with E-state index in [-0.39, 0.29) is 17.2 Å². The lowest BCUT2D eigenvalue weighted by molar-refractivity contribution is -0.113. The van der Waals surface area contributed by atoms with E-state index in [1.807, 2.05) is 49.4 Å². The molecule has 160 valence electrons. The van der Waals surface area contributed by atoms with E-state index < -0.39 is 5.69 Å². The van der Waals surface area contributed by atoms with Crippen LogP contribution in [0.4, 0.5) is 5.69 Å². The highest BCUT2D eigenvalue weighted by atomic mass is 32.2. The average molecular weight is 438 g/mol. The van der Waals surface area contributed by atoms with Gasteiger partial charge in [-0.1, -0.05) is 55.1 Å². The van der Waals surface area contributed by atoms with Crippen LogP contribution in [0.5, 0.6) is 0 Å². The maximum Gasteiger partial charge on any atom is 0.332 e. The van der Waals surface area contributed by atoms with E-state index in [2.05, 4.69) is 10.3 Å². The summed E-state index contributed by atoms with van der Waals surface area (Å²) in [7, 11) is 3.05. The third kappa shape index (κ3) is 3.76. The van der Waals surface area contributed by atoms with Crippen molar-refractivity contribution in [1.29, 1.82) is 0 Å². The van der Waals surface area contributed by atoms with E-state index in [0.29, 0.717) is 22.9 Å². The lowest BCUT2D eigenvalue weighted by Gasteiger charge is -2.10. The molecule has 0 fully saturated rings. The molecule has 0 atom stereocenters. The molecule has 0 aliphatic rings. The summed E-state index contributed by atoms with van der Waals surface area (Å²) < 4.78 is 4.24. The van der Waals surface area contributed by atoms with E-state index >= 15 is 0 Å². The molecule has 31 heavy (non-hydrogen) atoms. The molecule has 0 aliphatic heterocycles. The molecule has 0 unspecified atom stereocenters. The van der Waals surface area contributed by atoms with Crippen molar-refractivity contribution >= 4 is 45.3 Å². The molecule has 4 rings (SSSR count). The molecule has 0 bridgehead atoms. The van der Waals surface area contributed by atoms with Crippen molar-refractivity contribution in [3.8, 4) is 0 Å². The minimum Gasteiger partial charge on any atom is -0.325 e. The molecule has 8 nitrogen and oxygen atoms in total. The lowest BCUT2D eigenvalue weighted by atomic mass is 10.1. The van der Waals surface area contributed by atoms with Crippen molar-refractivity contribution in [2.75, 3.05) is 11.1 Å². The number of anilines is 1. The molecule has 2 aromatic heterocycles. The number of carbonyl (C=O) groups excluding carboxylic acids is 1. The molecule has 2 heterocycles. The Balaban J connectivity index is 1.63. The van der Waals surface area contributed by atoms with Crippen LogP contribution in [-0.2, 0) is 25.4 Å². The van der Waals surface area contributed by atoms with Crippen molar-refractivity contribution in [3.63, 3.8) is 0 Å². The number of hydrogen-bond donors (Lipinski definition) is 1. The van der Waals surface area contributed by atoms with Crippen LogP contribution in [0.3, 0.4) is 0 Å². The highest BCUT2D eigenvalue weighted by molar-refractivity contribution is 7.99. The first kappa shape index (κ1) is 20.9. The SMILES string of the molecule is CCCn1c(SCC(=O)Nc2cccc3ccccc23)nc2c1c(=O)n(C)c(=O)n2C. The fraction of sp³-hybridized carbons (Fsp3) is 0.273. The van der Waals surface area contributed by atoms with Gasteiger partial charge in [-0.2, -0.15) is 0 Å². The number of hydrogen-bond acceptors (Lipinski definition) is 5. The summed E-state index contributed by atoms with van der Waals surface area (Å²) in [6.07, 6.45) is 0.785. The summed E-state index contributed by atoms with van der Waals surface area (Å²) >= 11 is 1.25. The summed E-state index contributed by atoms with van der Waals surface area (Å²) in [5, 5.41) is 5.53. The first-order valence-corrected chi connectivity index (χ1v) is 11.0. The van der Waals surface area contributed by atoms with Crippen LogP contribution in [0.2, 0.25) is 0 Å². The zero-order valence-electron chi connectivity index (χ0n) is 17.6. The molecule has 0 spiro atoms. The Morgan fingerprint density at radius 2 is 1.81 bits per heavy atom. The van der Waals surface area contributed by atoms with Crippen LogP contribution in [0.15, 0.2) is 57.2 Å². The van der Waals surface area contributed by atoms with E-state index in [1.165, 1.54) is 23.4 Å². The van der Waals surface area contributed by atoms with Gasteiger partial charge in [0.15, 0.2) is 16.3 Å². The summed E-state index contributed by atoms with van der Waals surface area (Å²) in [5.41, 5.74) is 0.652. The minimum absolute atomic E-state index is 0.129. The normalized spacial score (nSPS) is 11.3. The smallest absolute Gasteiger partial charge is 0.325 e. The van der Waals surface area contributed by atoms with Gasteiger partial charge >= 0.3 is 5.69 Å². The molecule has 9 heteroatoms. The molecule has 4 aromatic rings. The van der Waals surface area contributed by atoms with Gasteiger partial charge in [-0.05, 0) is 17.9 Å². The molecular formula is C22H23N5O3S. The third-order valence-corrected chi connectivity index (χ3v) is 6.13. The molecular weight excluding hydrogens is 414 g/mol. The summed E-state index contributed by atoms with van der Waals surface area (Å²) in [4.78, 5) is 42.2. The molecule has 1 N–H and O–H groups in total. The van der Waals surface area contributed by atoms with Crippen LogP contribution in [0.1, 0.15) is 13.3 Å². The quantitative estimate of drug-likeness (QED) is 0.469. The van der Waals surface area contributed by atoms with E-state index in [9.17, 15) is 14.4 Å². The fourth-order valence-corrected chi connectivity index (χ4v) is 4.44. The predicted octanol–water partition coefficient (Wildman–Crippen LogP) is 2.73. The molecule has 0 saturated heterocycles. The Labute approximate surface area is 182 Å². The Kier molecular flexibility index (Phi) is 5.69. The number of carbonyl (C=O) groups is 1. The van der Waals surface area contributed by atoms with Gasteiger partial charge in [-0.15, -0.1) is 0 Å². The topological polar surface area (TPSA) is 90.9 Å². The Hall–Kier alpha value is -3.33. The molecule has 2 aromatic carbocycles. The summed E-state index contributed by atoms with van der Waals surface area (Å²) in [6.45, 7) is 2.57. The molecule has 0 radical (unpaired) electrons. The molecule has 0 saturated carbocycles. The van der Waals surface area contributed by atoms with Crippen molar-refractivity contribution < 1.29 is 4.79 Å². The minimum atomic E-state index is -0.427. The maximum absolute atomic E-state index is 12.7. The average Bonchev–Trinajstić information content (AvgIpc) is 3.14. The fourth-order valence-electron chi connectivity index (χ4n) is 3.62. The van der Waals surface area contributed by atoms with Gasteiger partial charge in [-0.25, -0.2) is 9.78 Å². The van der Waals surface area contributed by atoms with E-state index in [4.69, 9.17) is 0 Å². The predicted molar refractivity (Wildman–Crippen MR) is 124 cm³/mol. The number of fused-ring (bicyclic) bond motifs is 2. The van der Waals surface area contributed by atoms with Gasteiger partial charge in [-0.3, -0.25) is 18.7 Å². The third-order valence-electron chi connectivity index (χ3n) is 5.16. The number of aromatic nitrogens is 4. The number of rotatable bonds is 6. The number of imidazole rings is 1. The highest BCUT2D eigenvalue weighted by Crippen LogP contribution is 2.25. The van der Waals surface area contributed by atoms with Gasteiger partial charge in [0.2, 0.25) is 5.91 Å². The summed E-state index contributed by atoms with van der Waals surface area (Å²) in [6, 6.07) is 13.6. The van der Waals surface area contributed by atoms with E-state index in [0.717, 1.165) is 27.4 Å². The van der Waals surface area contributed by atoms with Crippen LogP contribution in [0, 0.1) is 0 Å². The van der Waals surface area contributed by atoms with Crippen LogP contribution < -0.4 is 16.6 Å². The number of nitrogens with zero attached hydrogens (tertiary/aromatic N) is 4. The van der Waals surface area contributed by atoms with Crippen molar-refractivity contribution in [2.45, 2.75) is 25.0 Å². The van der Waals surface area contributed by atoms with Gasteiger partial charge in [0.05, 0.1) is 5.75 Å². The first-order valence-electron chi connectivity index (χ1n) is 9.99. The van der Waals surface area contributed by atoms with Crippen LogP contribution in [0.25, 0.3) is 21.9 Å². The zero-order chi connectivity index (χ0) is 22.1. The number of aryl methyl sites for hydroxylation is 2. The Bertz CT molecular complexity index is 1410. The standard InChI is InChI=1S/C22H23N5O3S/c1-4-12-27-18-19(25(2)22(30)26(3)20(18)29)24-21(27)31-13-17(28)23-16-11-7-9-14-8-5-6-10-15(14)16/h5-11H,4,12-13H2,1-3H3,(H,23,28). The largest absolute Gasteiger partial charge is 0.332 e. The Morgan fingerprint density at radius 1 is 1.06 bits per heavy atom. The zero-order valence-corrected chi connectivity index (χ0v) is 18.4. The van der Waals surface area contributed by atoms with Crippen molar-refractivity contribution in [3.05, 3.63) is 63.3 Å². The van der Waals surface area contributed by atoms with Crippen molar-refractivity contribution in [1.82, 2.24) is 18.7 Å². The van der Waals surface area contributed by atoms with Crippen molar-refractivity contribution in [2.24, 2.45) is 14.1 Å². The van der Waals surface area contributed by atoms with Crippen LogP contribution in [-0.4, -0.2) is 30.3 Å². The second-order valence-electron chi connectivity index (χ2n) is 7.29. The molecule has 1 amide bonds. The second kappa shape index (κ2) is 8.43. The maximum atomic E-state index is 12.7. The van der Waals surface area contributed by atoms with Gasteiger partial charge < -0.3 is 9.88 Å². The van der Waals surface area contributed by atoms with Gasteiger partial charge in [0, 0.05) is 31.7 Å². The van der Waals surface area contributed by atoms with Crippen LogP contribution >= 0.6 is 11.8 Å². The summed E-state index contributed by atoms with van der Waals surface area (Å²) in [5.74, 6) is -0.0388. The molecule has 0 aliphatic carbocycles. The van der Waals surface area contributed by atoms with E-state index in [1.54, 1.807) is 11.6 Å². The lowest BCUT2D eigenvalue weighted by Crippen LogP contribution is -2.37. The second-order valence-corrected chi connectivity index (χ2v) is 8.23. The number of benzene rings is 2. The number of amides is 1. The Morgan fingerprint density at radius 3 is 2.58 bits per heavy atom. The van der Waals surface area contributed by atoms with Gasteiger partial charge in [0.25, 0.3) is 5.56 Å². The van der Waals surface area contributed by atoms with Gasteiger partial charge in [0.1, 0.15) is 0 Å². The highest BCUT2D eigenvalue weighted by Gasteiger charge is 2.19.